The molecule has 128 valence electrons. The summed E-state index contributed by atoms with van der Waals surface area (Å²) in [6.45, 7) is 3.79. The number of phenolic OH excluding ortho intramolecular Hbond substituents is 1. The van der Waals surface area contributed by atoms with Crippen molar-refractivity contribution in [1.82, 2.24) is 4.90 Å². The fourth-order valence-corrected chi connectivity index (χ4v) is 3.55. The number of methoxy groups -OCH3 is 1. The van der Waals surface area contributed by atoms with Crippen LogP contribution < -0.4 is 4.74 Å². The van der Waals surface area contributed by atoms with E-state index in [0.29, 0.717) is 27.1 Å². The molecular formula is C16H17NO5S2. The number of thiocarbonyl (C=S) groups is 1. The molecular weight excluding hydrogens is 350 g/mol. The normalized spacial score (nSPS) is 17.3. The maximum atomic E-state index is 12.5. The Morgan fingerprint density at radius 3 is 2.83 bits per heavy atom. The molecule has 1 aliphatic rings. The number of benzene rings is 1. The largest absolute Gasteiger partial charge is 0.504 e. The van der Waals surface area contributed by atoms with Crippen LogP contribution in [0.25, 0.3) is 6.08 Å². The van der Waals surface area contributed by atoms with Gasteiger partial charge in [0.2, 0.25) is 0 Å². The Bertz CT molecular complexity index is 716. The van der Waals surface area contributed by atoms with Gasteiger partial charge >= 0.3 is 5.97 Å². The van der Waals surface area contributed by atoms with E-state index >= 15 is 0 Å². The lowest BCUT2D eigenvalue weighted by molar-refractivity contribution is -0.147. The van der Waals surface area contributed by atoms with Gasteiger partial charge in [-0.1, -0.05) is 30.0 Å². The molecule has 0 bridgehead atoms. The maximum absolute atomic E-state index is 12.5. The number of carbonyl (C=O) groups excluding carboxylic acids is 2. The van der Waals surface area contributed by atoms with E-state index in [0.717, 1.165) is 11.8 Å². The van der Waals surface area contributed by atoms with Gasteiger partial charge < -0.3 is 14.6 Å². The Hall–Kier alpha value is -2.06. The van der Waals surface area contributed by atoms with Crippen LogP contribution in [-0.2, 0) is 14.3 Å². The minimum atomic E-state index is -0.785. The van der Waals surface area contributed by atoms with E-state index in [-0.39, 0.29) is 11.7 Å². The minimum absolute atomic E-state index is 0.0286. The first kappa shape index (κ1) is 18.3. The predicted molar refractivity (Wildman–Crippen MR) is 95.8 cm³/mol. The highest BCUT2D eigenvalue weighted by Gasteiger charge is 2.38. The van der Waals surface area contributed by atoms with Crippen molar-refractivity contribution in [2.24, 2.45) is 0 Å². The predicted octanol–water partition coefficient (Wildman–Crippen LogP) is 2.55. The van der Waals surface area contributed by atoms with Crippen LogP contribution in [-0.4, -0.2) is 46.0 Å². The average molecular weight is 367 g/mol. The van der Waals surface area contributed by atoms with Gasteiger partial charge in [-0.05, 0) is 37.6 Å². The molecule has 1 atom stereocenters. The SMILES string of the molecule is CCOc1cc(C=C2SC(=S)N(C(C)C(=O)OC)C2=O)ccc1O. The molecule has 1 saturated heterocycles. The number of ether oxygens (including phenoxy) is 2. The van der Waals surface area contributed by atoms with Gasteiger partial charge in [0.1, 0.15) is 10.4 Å². The molecule has 0 saturated carbocycles. The molecule has 0 spiro atoms. The van der Waals surface area contributed by atoms with Crippen LogP contribution in [0, 0.1) is 0 Å². The number of aromatic hydroxyl groups is 1. The van der Waals surface area contributed by atoms with Crippen molar-refractivity contribution in [3.05, 3.63) is 28.7 Å². The second kappa shape index (κ2) is 7.67. The van der Waals surface area contributed by atoms with Crippen LogP contribution in [0.4, 0.5) is 0 Å². The Morgan fingerprint density at radius 2 is 2.21 bits per heavy atom. The number of carbonyl (C=O) groups is 2. The molecule has 1 unspecified atom stereocenters. The standard InChI is InChI=1S/C16H17NO5S2/c1-4-22-12-7-10(5-6-11(12)18)8-13-14(19)17(16(23)24-13)9(2)15(20)21-3/h5-9,18H,4H2,1-3H3. The molecule has 1 aromatic carbocycles. The van der Waals surface area contributed by atoms with Gasteiger partial charge in [0, 0.05) is 0 Å². The van der Waals surface area contributed by atoms with Gasteiger partial charge in [-0.15, -0.1) is 0 Å². The molecule has 1 N–H and O–H groups in total. The smallest absolute Gasteiger partial charge is 0.328 e. The first-order valence-corrected chi connectivity index (χ1v) is 8.42. The molecule has 6 nitrogen and oxygen atoms in total. The number of hydrogen-bond acceptors (Lipinski definition) is 7. The summed E-state index contributed by atoms with van der Waals surface area (Å²) >= 11 is 6.31. The molecule has 0 aromatic heterocycles. The number of nitrogens with zero attached hydrogens (tertiary/aromatic N) is 1. The van der Waals surface area contributed by atoms with Gasteiger partial charge in [0.15, 0.2) is 11.5 Å². The summed E-state index contributed by atoms with van der Waals surface area (Å²) in [5.74, 6) is -0.518. The second-order valence-corrected chi connectivity index (χ2v) is 6.59. The fourth-order valence-electron chi connectivity index (χ4n) is 2.13. The zero-order valence-corrected chi connectivity index (χ0v) is 15.1. The van der Waals surface area contributed by atoms with Crippen LogP contribution in [0.2, 0.25) is 0 Å². The number of esters is 1. The van der Waals surface area contributed by atoms with Crippen LogP contribution in [0.1, 0.15) is 19.4 Å². The number of hydrogen-bond donors (Lipinski definition) is 1. The number of rotatable bonds is 5. The van der Waals surface area contributed by atoms with E-state index in [9.17, 15) is 14.7 Å². The molecule has 24 heavy (non-hydrogen) atoms. The van der Waals surface area contributed by atoms with Crippen LogP contribution in [0.3, 0.4) is 0 Å². The van der Waals surface area contributed by atoms with E-state index in [1.165, 1.54) is 18.1 Å². The van der Waals surface area contributed by atoms with Crippen molar-refractivity contribution in [1.29, 1.82) is 0 Å². The molecule has 8 heteroatoms. The molecule has 1 aromatic rings. The van der Waals surface area contributed by atoms with E-state index < -0.39 is 12.0 Å². The Kier molecular flexibility index (Phi) is 5.84. The minimum Gasteiger partial charge on any atom is -0.504 e. The maximum Gasteiger partial charge on any atom is 0.328 e. The first-order chi connectivity index (χ1) is 11.4. The van der Waals surface area contributed by atoms with Crippen molar-refractivity contribution in [2.45, 2.75) is 19.9 Å². The quantitative estimate of drug-likeness (QED) is 0.487. The van der Waals surface area contributed by atoms with Gasteiger partial charge in [-0.3, -0.25) is 9.69 Å². The molecule has 1 fully saturated rings. The molecule has 1 heterocycles. The molecule has 0 aliphatic carbocycles. The van der Waals surface area contributed by atoms with Gasteiger partial charge in [0.25, 0.3) is 5.91 Å². The highest BCUT2D eigenvalue weighted by Crippen LogP contribution is 2.35. The summed E-state index contributed by atoms with van der Waals surface area (Å²) in [4.78, 5) is 25.8. The Labute approximate surface area is 149 Å². The second-order valence-electron chi connectivity index (χ2n) is 4.91. The van der Waals surface area contributed by atoms with Crippen molar-refractivity contribution < 1.29 is 24.2 Å². The monoisotopic (exact) mass is 367 g/mol. The third-order valence-corrected chi connectivity index (χ3v) is 4.67. The van der Waals surface area contributed by atoms with Crippen LogP contribution in [0.5, 0.6) is 11.5 Å². The molecule has 1 amide bonds. The molecule has 0 radical (unpaired) electrons. The topological polar surface area (TPSA) is 76.1 Å². The van der Waals surface area contributed by atoms with Gasteiger partial charge in [0.05, 0.1) is 18.6 Å². The lowest BCUT2D eigenvalue weighted by Crippen LogP contribution is -2.42. The van der Waals surface area contributed by atoms with Gasteiger partial charge in [-0.2, -0.15) is 0 Å². The first-order valence-electron chi connectivity index (χ1n) is 7.19. The van der Waals surface area contributed by atoms with Crippen molar-refractivity contribution in [2.75, 3.05) is 13.7 Å². The zero-order chi connectivity index (χ0) is 17.9. The lowest BCUT2D eigenvalue weighted by Gasteiger charge is -2.20. The third-order valence-electron chi connectivity index (χ3n) is 3.33. The molecule has 2 rings (SSSR count). The molecule has 1 aliphatic heterocycles. The summed E-state index contributed by atoms with van der Waals surface area (Å²) in [6, 6.07) is 4.00. The van der Waals surface area contributed by atoms with Crippen LogP contribution >= 0.6 is 24.0 Å². The summed E-state index contributed by atoms with van der Waals surface area (Å²) in [5.41, 5.74) is 0.683. The van der Waals surface area contributed by atoms with E-state index in [1.807, 2.05) is 6.92 Å². The summed E-state index contributed by atoms with van der Waals surface area (Å²) in [6.07, 6.45) is 1.64. The summed E-state index contributed by atoms with van der Waals surface area (Å²) < 4.78 is 10.3. The van der Waals surface area contributed by atoms with Crippen molar-refractivity contribution in [3.63, 3.8) is 0 Å². The zero-order valence-electron chi connectivity index (χ0n) is 13.4. The number of amides is 1. The van der Waals surface area contributed by atoms with Crippen LogP contribution in [0.15, 0.2) is 23.1 Å². The van der Waals surface area contributed by atoms with Crippen molar-refractivity contribution in [3.8, 4) is 11.5 Å². The highest BCUT2D eigenvalue weighted by molar-refractivity contribution is 8.26. The summed E-state index contributed by atoms with van der Waals surface area (Å²) in [5, 5.41) is 9.73. The average Bonchev–Trinajstić information content (AvgIpc) is 2.83. The summed E-state index contributed by atoms with van der Waals surface area (Å²) in [7, 11) is 1.26. The van der Waals surface area contributed by atoms with Gasteiger partial charge in [-0.25, -0.2) is 4.79 Å². The Balaban J connectivity index is 2.29. The third kappa shape index (κ3) is 3.70. The number of phenols is 1. The lowest BCUT2D eigenvalue weighted by atomic mass is 10.2. The van der Waals surface area contributed by atoms with E-state index in [2.05, 4.69) is 4.74 Å². The Morgan fingerprint density at radius 1 is 1.50 bits per heavy atom. The highest BCUT2D eigenvalue weighted by atomic mass is 32.2. The number of thioether (sulfide) groups is 1. The fraction of sp³-hybridized carbons (Fsp3) is 0.312. The van der Waals surface area contributed by atoms with E-state index in [4.69, 9.17) is 17.0 Å². The van der Waals surface area contributed by atoms with Crippen molar-refractivity contribution >= 4 is 46.3 Å². The van der Waals surface area contributed by atoms with E-state index in [1.54, 1.807) is 25.1 Å².